The summed E-state index contributed by atoms with van der Waals surface area (Å²) < 4.78 is 134. The van der Waals surface area contributed by atoms with E-state index in [-0.39, 0.29) is 41.3 Å². The predicted molar refractivity (Wildman–Crippen MR) is 237 cm³/mol. The highest BCUT2D eigenvalue weighted by Crippen LogP contribution is 2.48. The van der Waals surface area contributed by atoms with E-state index in [4.69, 9.17) is 6.42 Å². The van der Waals surface area contributed by atoms with E-state index in [9.17, 15) is 56.7 Å². The van der Waals surface area contributed by atoms with Gasteiger partial charge >= 0.3 is 0 Å². The maximum absolute atomic E-state index is 13.7. The van der Waals surface area contributed by atoms with Gasteiger partial charge in [0.15, 0.2) is 5.71 Å². The predicted octanol–water partition coefficient (Wildman–Crippen LogP) is 5.53. The molecule has 338 valence electrons. The highest BCUT2D eigenvalue weighted by atomic mass is 32.2. The van der Waals surface area contributed by atoms with E-state index in [1.165, 1.54) is 24.3 Å². The van der Waals surface area contributed by atoms with E-state index < -0.39 is 68.7 Å². The maximum Gasteiger partial charge on any atom is 0.294 e. The van der Waals surface area contributed by atoms with Gasteiger partial charge in [-0.05, 0) is 100 Å². The van der Waals surface area contributed by atoms with Gasteiger partial charge in [-0.1, -0.05) is 26.0 Å². The van der Waals surface area contributed by atoms with Crippen molar-refractivity contribution in [2.45, 2.75) is 93.3 Å². The molecule has 2 aromatic carbocycles. The van der Waals surface area contributed by atoms with Gasteiger partial charge in [-0.15, -0.1) is 12.3 Å². The lowest BCUT2D eigenvalue weighted by Crippen LogP contribution is -2.28. The van der Waals surface area contributed by atoms with Crippen LogP contribution >= 0.6 is 0 Å². The number of hydrogen-bond donors (Lipinski definition) is 5. The highest BCUT2D eigenvalue weighted by molar-refractivity contribution is 7.86. The van der Waals surface area contributed by atoms with E-state index in [1.807, 2.05) is 37.2 Å². The van der Waals surface area contributed by atoms with Crippen molar-refractivity contribution in [3.05, 3.63) is 95.3 Å². The van der Waals surface area contributed by atoms with Crippen molar-refractivity contribution in [1.82, 2.24) is 5.32 Å². The van der Waals surface area contributed by atoms with Crippen LogP contribution in [0.5, 0.6) is 0 Å². The fourth-order valence-corrected chi connectivity index (χ4v) is 9.72. The zero-order valence-electron chi connectivity index (χ0n) is 35.0. The summed E-state index contributed by atoms with van der Waals surface area (Å²) in [4.78, 5) is 15.0. The summed E-state index contributed by atoms with van der Waals surface area (Å²) >= 11 is 0. The number of allylic oxidation sites excluding steroid dienone is 6. The number of anilines is 1. The van der Waals surface area contributed by atoms with E-state index in [1.54, 1.807) is 48.6 Å². The zero-order valence-corrected chi connectivity index (χ0v) is 38.2. The van der Waals surface area contributed by atoms with Crippen LogP contribution in [0, 0.1) is 12.3 Å². The number of carbonyl (C=O) groups is 1. The van der Waals surface area contributed by atoms with Gasteiger partial charge in [0.05, 0.1) is 26.7 Å². The van der Waals surface area contributed by atoms with Gasteiger partial charge in [0, 0.05) is 66.0 Å². The van der Waals surface area contributed by atoms with E-state index >= 15 is 0 Å². The first-order chi connectivity index (χ1) is 28.7. The molecule has 2 aliphatic rings. The number of carbonyl (C=O) groups excluding carboxylic acids is 1. The normalized spacial score (nSPS) is 17.2. The van der Waals surface area contributed by atoms with Crippen molar-refractivity contribution in [1.29, 1.82) is 0 Å². The van der Waals surface area contributed by atoms with Gasteiger partial charge in [0.1, 0.15) is 6.54 Å². The van der Waals surface area contributed by atoms with E-state index in [2.05, 4.69) is 11.2 Å². The van der Waals surface area contributed by atoms with Gasteiger partial charge in [-0.3, -0.25) is 23.0 Å². The van der Waals surface area contributed by atoms with Crippen LogP contribution in [0.25, 0.3) is 0 Å². The van der Waals surface area contributed by atoms with Crippen LogP contribution in [0.3, 0.4) is 0 Å². The van der Waals surface area contributed by atoms with Crippen LogP contribution < -0.4 is 10.2 Å². The summed E-state index contributed by atoms with van der Waals surface area (Å²) in [6, 6.07) is 8.41. The fourth-order valence-electron chi connectivity index (χ4n) is 7.57. The monoisotopic (exact) mass is 936 g/mol. The molecule has 0 saturated carbocycles. The Bertz CT molecular complexity index is 2710. The van der Waals surface area contributed by atoms with Crippen LogP contribution in [-0.2, 0) is 56.1 Å². The second-order valence-corrected chi connectivity index (χ2v) is 22.0. The van der Waals surface area contributed by atoms with Crippen molar-refractivity contribution < 1.29 is 61.3 Å². The zero-order chi connectivity index (χ0) is 46.3. The van der Waals surface area contributed by atoms with Crippen molar-refractivity contribution in [2.24, 2.45) is 0 Å². The van der Waals surface area contributed by atoms with Crippen LogP contribution in [-0.4, -0.2) is 99.2 Å². The lowest BCUT2D eigenvalue weighted by molar-refractivity contribution is -0.438. The molecule has 20 heteroatoms. The number of amides is 1. The molecule has 0 radical (unpaired) electrons. The number of nitrogens with one attached hydrogen (secondary N) is 1. The number of hydrogen-bond acceptors (Lipinski definition) is 10. The fraction of sp³-hybridized carbons (Fsp3) is 0.429. The Labute approximate surface area is 365 Å². The third-order valence-corrected chi connectivity index (χ3v) is 14.1. The van der Waals surface area contributed by atoms with Crippen molar-refractivity contribution in [3.63, 3.8) is 0 Å². The van der Waals surface area contributed by atoms with Gasteiger partial charge in [-0.25, -0.2) is 0 Å². The van der Waals surface area contributed by atoms with Gasteiger partial charge in [0.25, 0.3) is 46.4 Å². The molecule has 0 spiro atoms. The quantitative estimate of drug-likeness (QED) is 0.0258. The Hall–Kier alpha value is -4.46. The minimum Gasteiger partial charge on any atom is -0.352 e. The molecule has 0 aliphatic carbocycles. The SMILES string of the molecule is C#CCCCCNC(=O)C(=C\C=C\C1=[N+](CCCCS(=O)(=O)O)c2ccc(S(=O)(=O)O)cc2C1(C)C)/C=C/C=C1/N(CCCCS(=O)(=O)O)c2ccc(S(=O)(=O)O)cc2C1(C)C. The average Bonchev–Trinajstić information content (AvgIpc) is 3.50. The Morgan fingerprint density at radius 3 is 1.97 bits per heavy atom. The van der Waals surface area contributed by atoms with Crippen molar-refractivity contribution in [3.8, 4) is 12.3 Å². The minimum atomic E-state index is -4.54. The Morgan fingerprint density at radius 2 is 1.37 bits per heavy atom. The molecule has 2 aliphatic heterocycles. The third kappa shape index (κ3) is 13.0. The molecule has 16 nitrogen and oxygen atoms in total. The average molecular weight is 937 g/mol. The first kappa shape index (κ1) is 50.2. The summed E-state index contributed by atoms with van der Waals surface area (Å²) in [5.41, 5.74) is 2.28. The van der Waals surface area contributed by atoms with E-state index in [0.29, 0.717) is 72.6 Å². The van der Waals surface area contributed by atoms with Gasteiger partial charge in [-0.2, -0.15) is 38.2 Å². The summed E-state index contributed by atoms with van der Waals surface area (Å²) in [6.45, 7) is 8.32. The number of unbranched alkanes of at least 4 members (excludes halogenated alkanes) is 4. The topological polar surface area (TPSA) is 253 Å². The number of fused-ring (bicyclic) bond motifs is 2. The van der Waals surface area contributed by atoms with Crippen molar-refractivity contribution >= 4 is 63.5 Å². The third-order valence-electron chi connectivity index (χ3n) is 10.7. The molecule has 0 unspecified atom stereocenters. The summed E-state index contributed by atoms with van der Waals surface area (Å²) in [5.74, 6) is 1.25. The minimum absolute atomic E-state index is 0.142. The van der Waals surface area contributed by atoms with Crippen molar-refractivity contribution in [2.75, 3.05) is 36.0 Å². The second-order valence-electron chi connectivity index (χ2n) is 16.0. The lowest BCUT2D eigenvalue weighted by Gasteiger charge is -2.27. The molecule has 1 amide bonds. The lowest BCUT2D eigenvalue weighted by atomic mass is 9.81. The molecule has 0 bridgehead atoms. The molecule has 0 atom stereocenters. The standard InChI is InChI=1S/C42H53N3O13S4/c1-6-7-8-9-24-43-40(46)31(16-14-18-38-41(2,3)34-29-32(61(53,54)55)20-22-36(34)44(38)25-10-12-27-59(47,48)49)17-15-19-39-42(4,5)35-30-33(62(56,57)58)21-23-37(35)45(39)26-11-13-28-60(50,51)52/h1,14-23,29-30H,7-13,24-28H2,2-5H3,(H4-,43,46,47,48,49,50,51,52,53,54,55,56,57,58)/p+1. The first-order valence-corrected chi connectivity index (χ1v) is 25.8. The molecule has 5 N–H and O–H groups in total. The summed E-state index contributed by atoms with van der Waals surface area (Å²) in [6.07, 6.45) is 18.2. The van der Waals surface area contributed by atoms with Crippen LogP contribution in [0.1, 0.15) is 83.8 Å². The number of benzene rings is 2. The van der Waals surface area contributed by atoms with Crippen LogP contribution in [0.2, 0.25) is 0 Å². The Kier molecular flexibility index (Phi) is 16.1. The maximum atomic E-state index is 13.7. The Balaban J connectivity index is 1.78. The highest BCUT2D eigenvalue weighted by Gasteiger charge is 2.45. The molecule has 62 heavy (non-hydrogen) atoms. The molecular weight excluding hydrogens is 883 g/mol. The molecule has 0 fully saturated rings. The molecule has 0 aromatic heterocycles. The van der Waals surface area contributed by atoms with Crippen LogP contribution in [0.15, 0.2) is 93.9 Å². The van der Waals surface area contributed by atoms with Gasteiger partial charge in [0.2, 0.25) is 5.69 Å². The summed E-state index contributed by atoms with van der Waals surface area (Å²) in [5, 5.41) is 2.90. The molecule has 2 heterocycles. The molecule has 4 rings (SSSR count). The summed E-state index contributed by atoms with van der Waals surface area (Å²) in [7, 11) is -17.5. The molecule has 0 saturated heterocycles. The Morgan fingerprint density at radius 1 is 0.774 bits per heavy atom. The number of nitrogens with zero attached hydrogens (tertiary/aromatic N) is 2. The molecular formula is C42H54N3O13S4+. The number of terminal acetylenes is 1. The van der Waals surface area contributed by atoms with Gasteiger partial charge < -0.3 is 10.2 Å². The second kappa shape index (κ2) is 19.9. The van der Waals surface area contributed by atoms with Crippen LogP contribution in [0.4, 0.5) is 11.4 Å². The smallest absolute Gasteiger partial charge is 0.294 e. The number of rotatable bonds is 21. The van der Waals surface area contributed by atoms with E-state index in [0.717, 1.165) is 0 Å². The largest absolute Gasteiger partial charge is 0.352 e. The molecule has 2 aromatic rings. The first-order valence-electron chi connectivity index (χ1n) is 19.7.